The number of carbonyl (C=O) groups is 1. The van der Waals surface area contributed by atoms with Crippen molar-refractivity contribution in [2.45, 2.75) is 51.5 Å². The van der Waals surface area contributed by atoms with Gasteiger partial charge in [0.05, 0.1) is 11.2 Å². The predicted molar refractivity (Wildman–Crippen MR) is 126 cm³/mol. The zero-order valence-corrected chi connectivity index (χ0v) is 18.2. The molecule has 3 heterocycles. The molecule has 160 valence electrons. The quantitative estimate of drug-likeness (QED) is 0.644. The lowest BCUT2D eigenvalue weighted by molar-refractivity contribution is -0.116. The topological polar surface area (TPSA) is 71.2 Å². The maximum Gasteiger partial charge on any atom is 0.224 e. The number of anilines is 2. The number of hydrogen-bond acceptors (Lipinski definition) is 4. The third-order valence-corrected chi connectivity index (χ3v) is 6.83. The highest BCUT2D eigenvalue weighted by Gasteiger charge is 2.27. The first kappa shape index (κ1) is 20.0. The monoisotopic (exact) mass is 414 g/mol. The number of pyridine rings is 1. The van der Waals surface area contributed by atoms with Gasteiger partial charge < -0.3 is 11.1 Å². The van der Waals surface area contributed by atoms with E-state index in [0.29, 0.717) is 17.9 Å². The van der Waals surface area contributed by atoms with Gasteiger partial charge in [0.15, 0.2) is 0 Å². The molecular formula is C26H30N4O. The van der Waals surface area contributed by atoms with Crippen LogP contribution >= 0.6 is 0 Å². The molecule has 1 atom stereocenters. The second kappa shape index (κ2) is 8.31. The Morgan fingerprint density at radius 3 is 2.77 bits per heavy atom. The van der Waals surface area contributed by atoms with Gasteiger partial charge in [0, 0.05) is 18.4 Å². The summed E-state index contributed by atoms with van der Waals surface area (Å²) in [5, 5.41) is 4.11. The molecule has 0 spiro atoms. The van der Waals surface area contributed by atoms with Gasteiger partial charge in [0.25, 0.3) is 0 Å². The van der Waals surface area contributed by atoms with Crippen LogP contribution < -0.4 is 11.1 Å². The summed E-state index contributed by atoms with van der Waals surface area (Å²) in [5.74, 6) is 0.642. The van der Waals surface area contributed by atoms with Crippen LogP contribution in [0.3, 0.4) is 0 Å². The van der Waals surface area contributed by atoms with Crippen LogP contribution in [0.2, 0.25) is 0 Å². The van der Waals surface area contributed by atoms with Crippen molar-refractivity contribution < 1.29 is 4.79 Å². The maximum absolute atomic E-state index is 12.4. The number of hydrogen-bond donors (Lipinski definition) is 2. The minimum Gasteiger partial charge on any atom is -0.382 e. The molecule has 3 aromatic rings. The predicted octanol–water partition coefficient (Wildman–Crippen LogP) is 4.78. The molecule has 0 radical (unpaired) electrons. The van der Waals surface area contributed by atoms with Gasteiger partial charge in [-0.2, -0.15) is 0 Å². The normalized spacial score (nSPS) is 19.3. The third kappa shape index (κ3) is 4.02. The lowest BCUT2D eigenvalue weighted by Gasteiger charge is -2.21. The molecule has 2 aliphatic heterocycles. The molecule has 1 unspecified atom stereocenters. The lowest BCUT2D eigenvalue weighted by Crippen LogP contribution is -2.19. The van der Waals surface area contributed by atoms with E-state index in [0.717, 1.165) is 35.9 Å². The van der Waals surface area contributed by atoms with E-state index < -0.39 is 0 Å². The van der Waals surface area contributed by atoms with Crippen molar-refractivity contribution in [1.82, 2.24) is 9.88 Å². The van der Waals surface area contributed by atoms with Crippen molar-refractivity contribution in [2.75, 3.05) is 24.1 Å². The van der Waals surface area contributed by atoms with Crippen molar-refractivity contribution in [3.8, 4) is 0 Å². The van der Waals surface area contributed by atoms with E-state index in [1.54, 1.807) is 0 Å². The lowest BCUT2D eigenvalue weighted by atomic mass is 9.85. The van der Waals surface area contributed by atoms with Gasteiger partial charge in [0.1, 0.15) is 5.82 Å². The number of nitrogens with one attached hydrogen (secondary N) is 1. The van der Waals surface area contributed by atoms with Crippen LogP contribution in [0.15, 0.2) is 42.5 Å². The molecule has 3 N–H and O–H groups in total. The van der Waals surface area contributed by atoms with Gasteiger partial charge in [-0.15, -0.1) is 0 Å². The Labute approximate surface area is 183 Å². The van der Waals surface area contributed by atoms with E-state index >= 15 is 0 Å². The molecule has 1 aromatic heterocycles. The number of likely N-dealkylation sites (tertiary alicyclic amines) is 1. The van der Waals surface area contributed by atoms with E-state index in [-0.39, 0.29) is 11.8 Å². The summed E-state index contributed by atoms with van der Waals surface area (Å²) in [7, 11) is 0. The summed E-state index contributed by atoms with van der Waals surface area (Å²) < 4.78 is 0. The molecule has 2 aromatic carbocycles. The summed E-state index contributed by atoms with van der Waals surface area (Å²) >= 11 is 0. The molecule has 1 fully saturated rings. The Balaban J connectivity index is 1.48. The van der Waals surface area contributed by atoms with E-state index in [4.69, 9.17) is 5.73 Å². The van der Waals surface area contributed by atoms with Gasteiger partial charge in [-0.1, -0.05) is 36.4 Å². The molecule has 5 rings (SSSR count). The molecule has 2 aliphatic rings. The van der Waals surface area contributed by atoms with E-state index in [1.165, 1.54) is 42.6 Å². The van der Waals surface area contributed by atoms with Crippen molar-refractivity contribution in [1.29, 1.82) is 0 Å². The number of aryl methyl sites for hydroxylation is 1. The minimum atomic E-state index is 0.0182. The van der Waals surface area contributed by atoms with Gasteiger partial charge in [-0.05, 0) is 79.9 Å². The highest BCUT2D eigenvalue weighted by Crippen LogP contribution is 2.41. The first-order valence-electron chi connectivity index (χ1n) is 11.4. The minimum absolute atomic E-state index is 0.0182. The SMILES string of the molecule is Cc1cc(CC2CCC(=O)Nc3c(N)nc4ccccc4c32)ccc1CN1CCCC1. The number of para-hydroxylation sites is 1. The first-order valence-corrected chi connectivity index (χ1v) is 11.4. The number of fused-ring (bicyclic) bond motifs is 3. The zero-order valence-electron chi connectivity index (χ0n) is 18.2. The molecule has 1 saturated heterocycles. The Kier molecular flexibility index (Phi) is 5.36. The fraction of sp³-hybridized carbons (Fsp3) is 0.385. The third-order valence-electron chi connectivity index (χ3n) is 6.83. The number of amides is 1. The highest BCUT2D eigenvalue weighted by molar-refractivity contribution is 6.01. The summed E-state index contributed by atoms with van der Waals surface area (Å²) in [4.78, 5) is 19.5. The number of aromatic nitrogens is 1. The molecule has 5 heteroatoms. The molecule has 0 saturated carbocycles. The fourth-order valence-electron chi connectivity index (χ4n) is 5.20. The smallest absolute Gasteiger partial charge is 0.224 e. The fourth-order valence-corrected chi connectivity index (χ4v) is 5.20. The Hall–Kier alpha value is -2.92. The maximum atomic E-state index is 12.4. The van der Waals surface area contributed by atoms with Crippen molar-refractivity contribution in [2.24, 2.45) is 0 Å². The van der Waals surface area contributed by atoms with Crippen LogP contribution in [0.4, 0.5) is 11.5 Å². The number of carbonyl (C=O) groups excluding carboxylic acids is 1. The number of nitrogens with two attached hydrogens (primary N) is 1. The summed E-state index contributed by atoms with van der Waals surface area (Å²) in [6, 6.07) is 15.0. The molecule has 0 aliphatic carbocycles. The van der Waals surface area contributed by atoms with Crippen molar-refractivity contribution in [3.63, 3.8) is 0 Å². The molecular weight excluding hydrogens is 384 g/mol. The number of nitrogens with zero attached hydrogens (tertiary/aromatic N) is 2. The van der Waals surface area contributed by atoms with Crippen molar-refractivity contribution in [3.05, 3.63) is 64.7 Å². The number of benzene rings is 2. The van der Waals surface area contributed by atoms with E-state index in [9.17, 15) is 4.79 Å². The van der Waals surface area contributed by atoms with Crippen molar-refractivity contribution >= 4 is 28.3 Å². The summed E-state index contributed by atoms with van der Waals surface area (Å²) in [5.41, 5.74) is 13.1. The molecule has 1 amide bonds. The molecule has 5 nitrogen and oxygen atoms in total. The van der Waals surface area contributed by atoms with Crippen LogP contribution in [-0.2, 0) is 17.8 Å². The zero-order chi connectivity index (χ0) is 21.4. The van der Waals surface area contributed by atoms with Crippen LogP contribution in [0.1, 0.15) is 53.9 Å². The summed E-state index contributed by atoms with van der Waals surface area (Å²) in [6.45, 7) is 5.69. The number of rotatable bonds is 4. The second-order valence-electron chi connectivity index (χ2n) is 9.03. The highest BCUT2D eigenvalue weighted by atomic mass is 16.1. The average molecular weight is 415 g/mol. The average Bonchev–Trinajstić information content (AvgIpc) is 3.21. The first-order chi connectivity index (χ1) is 15.1. The van der Waals surface area contributed by atoms with Gasteiger partial charge in [0.2, 0.25) is 5.91 Å². The van der Waals surface area contributed by atoms with Crippen LogP contribution in [-0.4, -0.2) is 28.9 Å². The van der Waals surface area contributed by atoms with Gasteiger partial charge in [-0.25, -0.2) is 4.98 Å². The largest absolute Gasteiger partial charge is 0.382 e. The van der Waals surface area contributed by atoms with Gasteiger partial charge in [-0.3, -0.25) is 9.69 Å². The second-order valence-corrected chi connectivity index (χ2v) is 9.03. The number of nitrogen functional groups attached to an aromatic ring is 1. The Bertz CT molecular complexity index is 1130. The standard InChI is InChI=1S/C26H30N4O/c1-17-14-18(8-9-20(17)16-30-12-4-5-13-30)15-19-10-11-23(31)29-25-24(19)21-6-2-3-7-22(21)28-26(25)27/h2-3,6-9,14,19H,4-5,10-13,15-16H2,1H3,(H2,27,28)(H,29,31). The van der Waals surface area contributed by atoms with E-state index in [1.807, 2.05) is 18.2 Å². The molecule has 31 heavy (non-hydrogen) atoms. The van der Waals surface area contributed by atoms with Crippen LogP contribution in [0.25, 0.3) is 10.9 Å². The van der Waals surface area contributed by atoms with Gasteiger partial charge >= 0.3 is 0 Å². The summed E-state index contributed by atoms with van der Waals surface area (Å²) in [6.07, 6.45) is 4.83. The van der Waals surface area contributed by atoms with E-state index in [2.05, 4.69) is 46.4 Å². The van der Waals surface area contributed by atoms with Crippen LogP contribution in [0, 0.1) is 6.92 Å². The van der Waals surface area contributed by atoms with Crippen LogP contribution in [0.5, 0.6) is 0 Å². The molecule has 0 bridgehead atoms. The Morgan fingerprint density at radius 1 is 1.16 bits per heavy atom. The Morgan fingerprint density at radius 2 is 1.97 bits per heavy atom.